The van der Waals surface area contributed by atoms with E-state index in [9.17, 15) is 0 Å². The molecule has 3 aliphatic rings. The van der Waals surface area contributed by atoms with Crippen molar-refractivity contribution in [3.8, 4) is 33.4 Å². The fourth-order valence-electron chi connectivity index (χ4n) is 12.4. The van der Waals surface area contributed by atoms with E-state index in [0.29, 0.717) is 0 Å². The normalized spacial score (nSPS) is 15.0. The predicted octanol–water partition coefficient (Wildman–Crippen LogP) is 17.6. The van der Waals surface area contributed by atoms with E-state index in [1.54, 1.807) is 0 Å². The molecule has 0 fully saturated rings. The van der Waals surface area contributed by atoms with Gasteiger partial charge in [0.2, 0.25) is 0 Å². The van der Waals surface area contributed by atoms with Crippen LogP contribution in [-0.4, -0.2) is 0 Å². The molecule has 0 aromatic heterocycles. The number of hydrogen-bond donors (Lipinski definition) is 0. The lowest BCUT2D eigenvalue weighted by Crippen LogP contribution is -2.29. The molecule has 0 saturated heterocycles. The van der Waals surface area contributed by atoms with E-state index in [1.165, 1.54) is 106 Å². The molecule has 1 heteroatoms. The van der Waals surface area contributed by atoms with Crippen molar-refractivity contribution in [3.05, 3.63) is 299 Å². The van der Waals surface area contributed by atoms with Gasteiger partial charge in [-0.05, 0) is 131 Å². The molecule has 0 aliphatic heterocycles. The number of hydrogen-bond acceptors (Lipinski definition) is 1. The van der Waals surface area contributed by atoms with Crippen molar-refractivity contribution in [1.82, 2.24) is 0 Å². The second-order valence-corrected chi connectivity index (χ2v) is 19.4. The van der Waals surface area contributed by atoms with E-state index in [4.69, 9.17) is 0 Å². The number of allylic oxidation sites excluding steroid dienone is 3. The van der Waals surface area contributed by atoms with Crippen LogP contribution in [0.5, 0.6) is 0 Å². The fourth-order valence-corrected chi connectivity index (χ4v) is 12.4. The first-order chi connectivity index (χ1) is 34.0. The molecule has 328 valence electrons. The van der Waals surface area contributed by atoms with E-state index in [2.05, 4.69) is 267 Å². The summed E-state index contributed by atoms with van der Waals surface area (Å²) in [5.74, 6) is 0. The van der Waals surface area contributed by atoms with Crippen LogP contribution in [-0.2, 0) is 10.8 Å². The zero-order valence-electron chi connectivity index (χ0n) is 39.0. The molecule has 0 saturated carbocycles. The monoisotopic (exact) mass is 881 g/mol. The molecule has 0 radical (unpaired) electrons. The Bertz CT molecular complexity index is 3630. The molecule has 0 atom stereocenters. The smallest absolute Gasteiger partial charge is 0.0714 e. The Labute approximate surface area is 406 Å². The summed E-state index contributed by atoms with van der Waals surface area (Å²) in [7, 11) is 0. The number of fused-ring (bicyclic) bond motifs is 7. The van der Waals surface area contributed by atoms with E-state index in [0.717, 1.165) is 24.2 Å². The van der Waals surface area contributed by atoms with Gasteiger partial charge in [0.25, 0.3) is 0 Å². The number of rotatable bonds is 8. The molecule has 0 spiro atoms. The maximum absolute atomic E-state index is 2.60. The molecule has 0 bridgehead atoms. The molecule has 13 rings (SSSR count). The fraction of sp³-hybridized carbons (Fsp3) is 0.0882. The third-order valence-corrected chi connectivity index (χ3v) is 15.4. The highest BCUT2D eigenvalue weighted by Crippen LogP contribution is 2.58. The summed E-state index contributed by atoms with van der Waals surface area (Å²) in [6.45, 7) is 4.76. The second kappa shape index (κ2) is 16.2. The van der Waals surface area contributed by atoms with Crippen LogP contribution in [0.15, 0.2) is 254 Å². The first-order valence-electron chi connectivity index (χ1n) is 24.5. The van der Waals surface area contributed by atoms with Gasteiger partial charge in [-0.25, -0.2) is 0 Å². The lowest BCUT2D eigenvalue weighted by atomic mass is 9.67. The third kappa shape index (κ3) is 6.30. The van der Waals surface area contributed by atoms with Gasteiger partial charge < -0.3 is 4.90 Å². The summed E-state index contributed by atoms with van der Waals surface area (Å²) < 4.78 is 0. The number of anilines is 2. The van der Waals surface area contributed by atoms with Crippen molar-refractivity contribution in [1.29, 1.82) is 0 Å². The summed E-state index contributed by atoms with van der Waals surface area (Å²) in [5, 5.41) is 2.45. The third-order valence-electron chi connectivity index (χ3n) is 15.4. The van der Waals surface area contributed by atoms with Crippen molar-refractivity contribution < 1.29 is 0 Å². The lowest BCUT2D eigenvalue weighted by Gasteiger charge is -2.36. The van der Waals surface area contributed by atoms with Crippen molar-refractivity contribution in [2.45, 2.75) is 37.5 Å². The van der Waals surface area contributed by atoms with E-state index in [-0.39, 0.29) is 5.41 Å². The van der Waals surface area contributed by atoms with Crippen molar-refractivity contribution >= 4 is 33.3 Å². The van der Waals surface area contributed by atoms with Crippen LogP contribution >= 0.6 is 0 Å². The second-order valence-electron chi connectivity index (χ2n) is 19.4. The minimum Gasteiger partial charge on any atom is -0.310 e. The van der Waals surface area contributed by atoms with E-state index in [1.807, 2.05) is 0 Å². The predicted molar refractivity (Wildman–Crippen MR) is 290 cm³/mol. The summed E-state index contributed by atoms with van der Waals surface area (Å²) in [5.41, 5.74) is 23.4. The average molecular weight is 882 g/mol. The lowest BCUT2D eigenvalue weighted by molar-refractivity contribution is 0.660. The highest BCUT2D eigenvalue weighted by molar-refractivity contribution is 6.08. The first-order valence-corrected chi connectivity index (χ1v) is 24.5. The molecule has 0 N–H and O–H groups in total. The molecule has 10 aromatic carbocycles. The van der Waals surface area contributed by atoms with Crippen molar-refractivity contribution in [3.63, 3.8) is 0 Å². The molecular formula is C68H51N. The summed E-state index contributed by atoms with van der Waals surface area (Å²) in [4.78, 5) is 2.60. The quantitative estimate of drug-likeness (QED) is 0.147. The number of benzene rings is 10. The molecular weight excluding hydrogens is 831 g/mol. The Morgan fingerprint density at radius 1 is 0.391 bits per heavy atom. The summed E-state index contributed by atoms with van der Waals surface area (Å²) >= 11 is 0. The molecule has 0 heterocycles. The molecule has 0 amide bonds. The highest BCUT2D eigenvalue weighted by Gasteiger charge is 2.46. The van der Waals surface area contributed by atoms with E-state index >= 15 is 0 Å². The Hall–Kier alpha value is -8.26. The average Bonchev–Trinajstić information content (AvgIpc) is 3.84. The van der Waals surface area contributed by atoms with Crippen LogP contribution in [0.2, 0.25) is 0 Å². The van der Waals surface area contributed by atoms with E-state index < -0.39 is 5.41 Å². The summed E-state index contributed by atoms with van der Waals surface area (Å²) in [6, 6.07) is 90.9. The van der Waals surface area contributed by atoms with Crippen molar-refractivity contribution in [2.24, 2.45) is 0 Å². The van der Waals surface area contributed by atoms with Crippen LogP contribution in [0.4, 0.5) is 11.4 Å². The highest BCUT2D eigenvalue weighted by atomic mass is 15.2. The van der Waals surface area contributed by atoms with Gasteiger partial charge in [-0.3, -0.25) is 0 Å². The molecule has 3 aliphatic carbocycles. The van der Waals surface area contributed by atoms with Gasteiger partial charge in [-0.2, -0.15) is 0 Å². The minimum atomic E-state index is -0.552. The van der Waals surface area contributed by atoms with Crippen LogP contribution in [0.25, 0.3) is 55.3 Å². The first kappa shape index (κ1) is 41.0. The zero-order valence-corrected chi connectivity index (χ0v) is 39.0. The Morgan fingerprint density at radius 2 is 0.957 bits per heavy atom. The Kier molecular flexibility index (Phi) is 9.63. The van der Waals surface area contributed by atoms with Gasteiger partial charge in [0.05, 0.1) is 11.1 Å². The standard InChI is InChI=1S/C68H51N/c1-67(2)60-37-19-18-34-58(60)66-57(36-21-39-62(66)67)59-44-52(43-48-27-15-16-32-53(48)59)69(64-40-22-35-54(46-23-7-3-8-24-46)65(64)47-25-9-4-10-26-47)51-41-42-56-55-33-17-20-38-61(55)68(63(56)45-51,49-28-11-5-12-29-49)50-30-13-6-14-31-50/h3-21,23-34,36-45H,22,35H2,1-2H3. The van der Waals surface area contributed by atoms with Crippen LogP contribution in [0, 0.1) is 0 Å². The molecule has 10 aromatic rings. The minimum absolute atomic E-state index is 0.122. The number of nitrogens with zero attached hydrogens (tertiary/aromatic N) is 1. The molecule has 0 unspecified atom stereocenters. The molecule has 69 heavy (non-hydrogen) atoms. The van der Waals surface area contributed by atoms with Gasteiger partial charge in [-0.15, -0.1) is 0 Å². The van der Waals surface area contributed by atoms with Crippen LogP contribution < -0.4 is 4.90 Å². The summed E-state index contributed by atoms with van der Waals surface area (Å²) in [6.07, 6.45) is 4.37. The Balaban J connectivity index is 1.13. The van der Waals surface area contributed by atoms with Gasteiger partial charge in [-0.1, -0.05) is 238 Å². The maximum Gasteiger partial charge on any atom is 0.0714 e. The zero-order chi connectivity index (χ0) is 46.1. The van der Waals surface area contributed by atoms with Crippen molar-refractivity contribution in [2.75, 3.05) is 4.90 Å². The largest absolute Gasteiger partial charge is 0.310 e. The molecule has 1 nitrogen and oxygen atoms in total. The van der Waals surface area contributed by atoms with Gasteiger partial charge in [0.1, 0.15) is 0 Å². The SMILES string of the molecule is CC1(C)c2ccccc2-c2c(-c3cc(N(C4=CCCC(c5ccccc5)=C4c4ccccc4)c4ccc5c(c4)C(c4ccccc4)(c4ccccc4)c4ccccc4-5)cc4ccccc34)cccc21. The topological polar surface area (TPSA) is 3.24 Å². The maximum atomic E-state index is 2.60. The van der Waals surface area contributed by atoms with Gasteiger partial charge in [0.15, 0.2) is 0 Å². The van der Waals surface area contributed by atoms with Gasteiger partial charge >= 0.3 is 0 Å². The van der Waals surface area contributed by atoms with Crippen LogP contribution in [0.3, 0.4) is 0 Å². The van der Waals surface area contributed by atoms with Crippen LogP contribution in [0.1, 0.15) is 71.2 Å². The Morgan fingerprint density at radius 3 is 1.68 bits per heavy atom. The van der Waals surface area contributed by atoms with Gasteiger partial charge in [0, 0.05) is 22.4 Å².